The highest BCUT2D eigenvalue weighted by atomic mass is 19.1. The van der Waals surface area contributed by atoms with Crippen molar-refractivity contribution in [2.75, 3.05) is 5.32 Å². The molecule has 0 bridgehead atoms. The average Bonchev–Trinajstić information content (AvgIpc) is 3.13. The fraction of sp³-hybridized carbons (Fsp3) is 0.154. The molecule has 3 aromatic carbocycles. The van der Waals surface area contributed by atoms with Crippen LogP contribution in [-0.2, 0) is 5.60 Å². The summed E-state index contributed by atoms with van der Waals surface area (Å²) in [6.45, 7) is 3.35. The van der Waals surface area contributed by atoms with Crippen molar-refractivity contribution < 1.29 is 31.9 Å². The van der Waals surface area contributed by atoms with E-state index in [1.54, 1.807) is 38.1 Å². The van der Waals surface area contributed by atoms with Gasteiger partial charge in [-0.15, -0.1) is 0 Å². The maximum absolute atomic E-state index is 14.0. The third kappa shape index (κ3) is 3.51. The van der Waals surface area contributed by atoms with Gasteiger partial charge in [-0.25, -0.2) is 13.2 Å². The number of anilines is 1. The van der Waals surface area contributed by atoms with Crippen LogP contribution >= 0.6 is 0 Å². The van der Waals surface area contributed by atoms with Crippen molar-refractivity contribution in [2.24, 2.45) is 0 Å². The number of nitrogens with one attached hydrogen (secondary N) is 1. The number of benzene rings is 3. The van der Waals surface area contributed by atoms with Crippen molar-refractivity contribution in [1.82, 2.24) is 0 Å². The summed E-state index contributed by atoms with van der Waals surface area (Å²) >= 11 is 0. The number of furan rings is 1. The zero-order valence-electron chi connectivity index (χ0n) is 18.2. The maximum atomic E-state index is 14.0. The second-order valence-corrected chi connectivity index (χ2v) is 8.39. The smallest absolute Gasteiger partial charge is 0.291 e. The Balaban J connectivity index is 1.54. The molecule has 0 saturated carbocycles. The van der Waals surface area contributed by atoms with Gasteiger partial charge in [-0.1, -0.05) is 12.1 Å². The van der Waals surface area contributed by atoms with Gasteiger partial charge in [0.2, 0.25) is 0 Å². The van der Waals surface area contributed by atoms with Gasteiger partial charge in [0.05, 0.1) is 17.7 Å². The Kier molecular flexibility index (Phi) is 4.97. The van der Waals surface area contributed by atoms with Gasteiger partial charge in [0, 0.05) is 17.0 Å². The summed E-state index contributed by atoms with van der Waals surface area (Å²) in [5, 5.41) is 2.72. The van der Waals surface area contributed by atoms with E-state index in [1.165, 1.54) is 12.1 Å². The molecule has 0 fully saturated rings. The summed E-state index contributed by atoms with van der Waals surface area (Å²) in [5.41, 5.74) is 0.231. The van der Waals surface area contributed by atoms with Crippen molar-refractivity contribution >= 4 is 28.3 Å². The Bertz CT molecular complexity index is 1480. The lowest BCUT2D eigenvalue weighted by Gasteiger charge is -2.35. The van der Waals surface area contributed by atoms with E-state index in [1.807, 2.05) is 0 Å². The molecule has 0 unspecified atom stereocenters. The van der Waals surface area contributed by atoms with Crippen LogP contribution in [0.25, 0.3) is 11.0 Å². The Hall–Kier alpha value is -4.07. The van der Waals surface area contributed by atoms with Crippen molar-refractivity contribution in [3.8, 4) is 5.75 Å². The molecule has 1 N–H and O–H groups in total. The first-order chi connectivity index (χ1) is 16.2. The van der Waals surface area contributed by atoms with E-state index in [9.17, 15) is 22.8 Å². The number of ether oxygens (including phenoxy) is 1. The number of ketones is 1. The molecule has 0 saturated heterocycles. The van der Waals surface area contributed by atoms with Gasteiger partial charge < -0.3 is 14.5 Å². The number of hydrogen-bond acceptors (Lipinski definition) is 4. The van der Waals surface area contributed by atoms with Crippen LogP contribution in [0, 0.1) is 24.4 Å². The van der Waals surface area contributed by atoms with E-state index in [0.717, 1.165) is 18.2 Å². The van der Waals surface area contributed by atoms with Crippen LogP contribution < -0.4 is 10.1 Å². The minimum absolute atomic E-state index is 0.00853. The Morgan fingerprint density at radius 1 is 1.00 bits per heavy atom. The lowest BCUT2D eigenvalue weighted by molar-refractivity contribution is 0.0507. The molecule has 1 aliphatic rings. The third-order valence-corrected chi connectivity index (χ3v) is 6.01. The number of aryl methyl sites for hydroxylation is 1. The van der Waals surface area contributed by atoms with E-state index in [-0.39, 0.29) is 34.8 Å². The summed E-state index contributed by atoms with van der Waals surface area (Å²) in [7, 11) is 0. The number of rotatable bonds is 3. The Labute approximate surface area is 192 Å². The maximum Gasteiger partial charge on any atom is 0.291 e. The van der Waals surface area contributed by atoms with Crippen LogP contribution in [0.15, 0.2) is 59.0 Å². The monoisotopic (exact) mass is 465 g/mol. The lowest BCUT2D eigenvalue weighted by atomic mass is 9.84. The van der Waals surface area contributed by atoms with Gasteiger partial charge in [-0.05, 0) is 55.8 Å². The first-order valence-electron chi connectivity index (χ1n) is 10.5. The van der Waals surface area contributed by atoms with Crippen LogP contribution in [0.1, 0.15) is 45.4 Å². The number of carbonyl (C=O) groups is 2. The van der Waals surface area contributed by atoms with Gasteiger partial charge in [0.15, 0.2) is 11.5 Å². The molecule has 4 aromatic rings. The van der Waals surface area contributed by atoms with E-state index >= 15 is 0 Å². The van der Waals surface area contributed by atoms with E-state index in [4.69, 9.17) is 9.15 Å². The molecule has 1 amide bonds. The lowest BCUT2D eigenvalue weighted by Crippen LogP contribution is -2.36. The number of Topliss-reactive ketones (excluding diaryl/α,β-unsaturated/α-hetero) is 1. The predicted molar refractivity (Wildman–Crippen MR) is 119 cm³/mol. The highest BCUT2D eigenvalue weighted by Gasteiger charge is 2.40. The van der Waals surface area contributed by atoms with Crippen LogP contribution in [0.3, 0.4) is 0 Å². The summed E-state index contributed by atoms with van der Waals surface area (Å²) in [4.78, 5) is 26.1. The summed E-state index contributed by atoms with van der Waals surface area (Å²) in [6, 6.07) is 11.6. The summed E-state index contributed by atoms with van der Waals surface area (Å²) in [5.74, 6) is -2.74. The van der Waals surface area contributed by atoms with E-state index < -0.39 is 29.0 Å². The summed E-state index contributed by atoms with van der Waals surface area (Å²) < 4.78 is 52.7. The first kappa shape index (κ1) is 21.8. The van der Waals surface area contributed by atoms with Crippen molar-refractivity contribution in [1.29, 1.82) is 0 Å². The largest absolute Gasteiger partial charge is 0.482 e. The average molecular weight is 465 g/mol. The number of halogens is 3. The molecule has 34 heavy (non-hydrogen) atoms. The number of fused-ring (bicyclic) bond motifs is 3. The molecule has 0 radical (unpaired) electrons. The normalized spacial score (nSPS) is 17.4. The standard InChI is InChI=1S/C26H18F3NO4/c1-13-22-20(33-24(13)25(32)30-18-11-16(28)7-8-17(18)29)9-10-21-23(22)19(31)12-26(2,34-21)14-3-5-15(27)6-4-14/h3-11H,12H2,1-2H3,(H,30,32)/t26-/m1/s1. The SMILES string of the molecule is Cc1c(C(=O)Nc2cc(F)ccc2F)oc2ccc3c(c12)C(=O)C[C@](C)(c1ccc(F)cc1)O3. The molecule has 2 heterocycles. The highest BCUT2D eigenvalue weighted by molar-refractivity contribution is 6.14. The molecule has 1 atom stereocenters. The van der Waals surface area contributed by atoms with E-state index in [0.29, 0.717) is 22.3 Å². The molecule has 0 aliphatic carbocycles. The molecule has 1 aromatic heterocycles. The Morgan fingerprint density at radius 3 is 2.44 bits per heavy atom. The Morgan fingerprint density at radius 2 is 1.71 bits per heavy atom. The fourth-order valence-electron chi connectivity index (χ4n) is 4.31. The van der Waals surface area contributed by atoms with Crippen LogP contribution in [0.5, 0.6) is 5.75 Å². The van der Waals surface area contributed by atoms with E-state index in [2.05, 4.69) is 5.32 Å². The molecular weight excluding hydrogens is 447 g/mol. The second-order valence-electron chi connectivity index (χ2n) is 8.39. The van der Waals surface area contributed by atoms with Crippen LogP contribution in [0.2, 0.25) is 0 Å². The van der Waals surface area contributed by atoms with Crippen molar-refractivity contribution in [2.45, 2.75) is 25.9 Å². The van der Waals surface area contributed by atoms with Gasteiger partial charge in [-0.2, -0.15) is 0 Å². The topological polar surface area (TPSA) is 68.5 Å². The second kappa shape index (κ2) is 7.76. The van der Waals surface area contributed by atoms with Gasteiger partial charge in [-0.3, -0.25) is 9.59 Å². The molecule has 1 aliphatic heterocycles. The summed E-state index contributed by atoms with van der Waals surface area (Å²) in [6.07, 6.45) is -0.00853. The quantitative estimate of drug-likeness (QED) is 0.386. The number of hydrogen-bond donors (Lipinski definition) is 1. The highest BCUT2D eigenvalue weighted by Crippen LogP contribution is 2.44. The zero-order valence-corrected chi connectivity index (χ0v) is 18.2. The number of carbonyl (C=O) groups excluding carboxylic acids is 2. The van der Waals surface area contributed by atoms with Crippen LogP contribution in [0.4, 0.5) is 18.9 Å². The predicted octanol–water partition coefficient (Wildman–Crippen LogP) is 6.29. The molecule has 8 heteroatoms. The van der Waals surface area contributed by atoms with Crippen molar-refractivity contribution in [3.63, 3.8) is 0 Å². The molecule has 5 rings (SSSR count). The molecule has 0 spiro atoms. The van der Waals surface area contributed by atoms with Crippen LogP contribution in [-0.4, -0.2) is 11.7 Å². The van der Waals surface area contributed by atoms with Crippen molar-refractivity contribution in [3.05, 3.63) is 94.5 Å². The molecule has 172 valence electrons. The third-order valence-electron chi connectivity index (χ3n) is 6.01. The van der Waals surface area contributed by atoms with Gasteiger partial charge in [0.25, 0.3) is 5.91 Å². The molecular formula is C26H18F3NO4. The fourth-order valence-corrected chi connectivity index (χ4v) is 4.31. The van der Waals surface area contributed by atoms with Gasteiger partial charge in [0.1, 0.15) is 34.4 Å². The first-order valence-corrected chi connectivity index (χ1v) is 10.5. The zero-order chi connectivity index (χ0) is 24.2. The van der Waals surface area contributed by atoms with Gasteiger partial charge >= 0.3 is 0 Å². The minimum atomic E-state index is -1.00. The number of amides is 1. The molecule has 5 nitrogen and oxygen atoms in total. The minimum Gasteiger partial charge on any atom is -0.482 e.